The van der Waals surface area contributed by atoms with Gasteiger partial charge in [0.05, 0.1) is 7.11 Å². The lowest BCUT2D eigenvalue weighted by atomic mass is 9.70. The highest BCUT2D eigenvalue weighted by atomic mass is 16.5. The molecule has 4 rings (SSSR count). The van der Waals surface area contributed by atoms with Gasteiger partial charge in [-0.05, 0) is 68.4 Å². The van der Waals surface area contributed by atoms with Crippen LogP contribution >= 0.6 is 0 Å². The third-order valence-electron chi connectivity index (χ3n) is 5.32. The molecule has 3 heterocycles. The Morgan fingerprint density at radius 1 is 1.35 bits per heavy atom. The Balaban J connectivity index is 1.84. The topological polar surface area (TPSA) is 38.5 Å². The minimum Gasteiger partial charge on any atom is -0.496 e. The first-order chi connectivity index (χ1) is 9.72. The summed E-state index contributed by atoms with van der Waals surface area (Å²) in [6.45, 7) is 6.69. The van der Waals surface area contributed by atoms with Crippen molar-refractivity contribution < 1.29 is 4.74 Å². The SMILES string of the molecule is COc1ccc(C(CN)C2CN3CCC2CC3)cc1C. The number of fused-ring (bicyclic) bond motifs is 3. The van der Waals surface area contributed by atoms with Gasteiger partial charge >= 0.3 is 0 Å². The number of nitrogens with two attached hydrogens (primary N) is 1. The number of rotatable bonds is 4. The van der Waals surface area contributed by atoms with Crippen molar-refractivity contribution >= 4 is 0 Å². The van der Waals surface area contributed by atoms with Crippen LogP contribution < -0.4 is 10.5 Å². The predicted octanol–water partition coefficient (Wildman–Crippen LogP) is 2.39. The lowest BCUT2D eigenvalue weighted by molar-refractivity contribution is 0.0379. The molecular weight excluding hydrogens is 248 g/mol. The lowest BCUT2D eigenvalue weighted by Gasteiger charge is -2.47. The average molecular weight is 274 g/mol. The lowest BCUT2D eigenvalue weighted by Crippen LogP contribution is -2.50. The van der Waals surface area contributed by atoms with E-state index in [9.17, 15) is 0 Å². The minimum absolute atomic E-state index is 0.493. The number of methoxy groups -OCH3 is 1. The molecule has 2 unspecified atom stereocenters. The molecule has 3 aliphatic rings. The Labute approximate surface area is 122 Å². The normalized spacial score (nSPS) is 30.2. The first-order valence-electron chi connectivity index (χ1n) is 7.80. The molecular formula is C17H26N2O. The quantitative estimate of drug-likeness (QED) is 0.916. The molecule has 0 radical (unpaired) electrons. The summed E-state index contributed by atoms with van der Waals surface area (Å²) in [6.07, 6.45) is 2.71. The van der Waals surface area contributed by atoms with Crippen molar-refractivity contribution in [2.75, 3.05) is 33.3 Å². The second kappa shape index (κ2) is 5.74. The summed E-state index contributed by atoms with van der Waals surface area (Å²) < 4.78 is 5.37. The van der Waals surface area contributed by atoms with Crippen molar-refractivity contribution in [2.24, 2.45) is 17.6 Å². The van der Waals surface area contributed by atoms with E-state index in [1.54, 1.807) is 7.11 Å². The number of hydrogen-bond donors (Lipinski definition) is 1. The summed E-state index contributed by atoms with van der Waals surface area (Å²) in [5.74, 6) is 3.07. The molecule has 3 saturated heterocycles. The van der Waals surface area contributed by atoms with Gasteiger partial charge in [0.15, 0.2) is 0 Å². The van der Waals surface area contributed by atoms with Crippen molar-refractivity contribution in [1.82, 2.24) is 4.90 Å². The number of benzene rings is 1. The Kier molecular flexibility index (Phi) is 3.99. The fraction of sp³-hybridized carbons (Fsp3) is 0.647. The van der Waals surface area contributed by atoms with E-state index in [0.717, 1.165) is 24.1 Å². The van der Waals surface area contributed by atoms with Crippen molar-refractivity contribution in [2.45, 2.75) is 25.7 Å². The van der Waals surface area contributed by atoms with Gasteiger partial charge < -0.3 is 15.4 Å². The van der Waals surface area contributed by atoms with Gasteiger partial charge in [-0.2, -0.15) is 0 Å². The van der Waals surface area contributed by atoms with E-state index in [-0.39, 0.29) is 0 Å². The number of hydrogen-bond acceptors (Lipinski definition) is 3. The maximum absolute atomic E-state index is 6.14. The third-order valence-corrected chi connectivity index (χ3v) is 5.32. The van der Waals surface area contributed by atoms with Crippen LogP contribution in [0.15, 0.2) is 18.2 Å². The van der Waals surface area contributed by atoms with Gasteiger partial charge in [-0.15, -0.1) is 0 Å². The van der Waals surface area contributed by atoms with Gasteiger partial charge in [0.2, 0.25) is 0 Å². The van der Waals surface area contributed by atoms with Crippen LogP contribution in [0.25, 0.3) is 0 Å². The van der Waals surface area contributed by atoms with Crippen LogP contribution in [0, 0.1) is 18.8 Å². The molecule has 0 aliphatic carbocycles. The first-order valence-corrected chi connectivity index (χ1v) is 7.80. The fourth-order valence-corrected chi connectivity index (χ4v) is 4.16. The molecule has 1 aromatic rings. The van der Waals surface area contributed by atoms with Crippen molar-refractivity contribution in [3.63, 3.8) is 0 Å². The van der Waals surface area contributed by atoms with Gasteiger partial charge in [0, 0.05) is 12.5 Å². The fourth-order valence-electron chi connectivity index (χ4n) is 4.16. The molecule has 0 amide bonds. The van der Waals surface area contributed by atoms with E-state index >= 15 is 0 Å². The second-order valence-corrected chi connectivity index (χ2v) is 6.37. The Hall–Kier alpha value is -1.06. The highest BCUT2D eigenvalue weighted by Crippen LogP contribution is 2.41. The number of nitrogens with zero attached hydrogens (tertiary/aromatic N) is 1. The molecule has 2 bridgehead atoms. The molecule has 3 nitrogen and oxygen atoms in total. The smallest absolute Gasteiger partial charge is 0.121 e. The Bertz CT molecular complexity index is 466. The maximum Gasteiger partial charge on any atom is 0.121 e. The molecule has 3 heteroatoms. The summed E-state index contributed by atoms with van der Waals surface area (Å²) >= 11 is 0. The number of ether oxygens (including phenoxy) is 1. The molecule has 2 N–H and O–H groups in total. The van der Waals surface area contributed by atoms with Gasteiger partial charge in [-0.3, -0.25) is 0 Å². The van der Waals surface area contributed by atoms with Crippen LogP contribution in [0.4, 0.5) is 0 Å². The van der Waals surface area contributed by atoms with Crippen LogP contribution in [0.5, 0.6) is 5.75 Å². The average Bonchev–Trinajstić information content (AvgIpc) is 2.49. The Morgan fingerprint density at radius 2 is 2.10 bits per heavy atom. The zero-order valence-corrected chi connectivity index (χ0v) is 12.6. The zero-order valence-electron chi connectivity index (χ0n) is 12.6. The van der Waals surface area contributed by atoms with Crippen LogP contribution in [-0.2, 0) is 0 Å². The minimum atomic E-state index is 0.493. The maximum atomic E-state index is 6.14. The highest BCUT2D eigenvalue weighted by Gasteiger charge is 2.38. The van der Waals surface area contributed by atoms with Crippen LogP contribution in [0.1, 0.15) is 29.9 Å². The number of aryl methyl sites for hydroxylation is 1. The Morgan fingerprint density at radius 3 is 2.60 bits per heavy atom. The van der Waals surface area contributed by atoms with E-state index in [1.165, 1.54) is 43.6 Å². The predicted molar refractivity (Wildman–Crippen MR) is 82.2 cm³/mol. The van der Waals surface area contributed by atoms with E-state index in [0.29, 0.717) is 5.92 Å². The van der Waals surface area contributed by atoms with Crippen LogP contribution in [-0.4, -0.2) is 38.2 Å². The van der Waals surface area contributed by atoms with Gasteiger partial charge in [0.1, 0.15) is 5.75 Å². The standard InChI is InChI=1S/C17H26N2O/c1-12-9-14(3-4-17(12)20-2)15(10-18)16-11-19-7-5-13(16)6-8-19/h3-4,9,13,15-16H,5-8,10-11,18H2,1-2H3. The number of piperidine rings is 3. The van der Waals surface area contributed by atoms with Crippen LogP contribution in [0.2, 0.25) is 0 Å². The third kappa shape index (κ3) is 2.45. The van der Waals surface area contributed by atoms with E-state index in [4.69, 9.17) is 10.5 Å². The molecule has 2 atom stereocenters. The molecule has 20 heavy (non-hydrogen) atoms. The first kappa shape index (κ1) is 13.9. The summed E-state index contributed by atoms with van der Waals surface area (Å²) in [5, 5.41) is 0. The van der Waals surface area contributed by atoms with Gasteiger partial charge in [-0.25, -0.2) is 0 Å². The summed E-state index contributed by atoms with van der Waals surface area (Å²) in [4.78, 5) is 2.61. The molecule has 3 aliphatic heterocycles. The monoisotopic (exact) mass is 274 g/mol. The zero-order chi connectivity index (χ0) is 14.1. The molecule has 3 fully saturated rings. The van der Waals surface area contributed by atoms with Crippen molar-refractivity contribution in [1.29, 1.82) is 0 Å². The van der Waals surface area contributed by atoms with Gasteiger partial charge in [-0.1, -0.05) is 12.1 Å². The summed E-state index contributed by atoms with van der Waals surface area (Å²) in [6, 6.07) is 6.57. The van der Waals surface area contributed by atoms with E-state index in [2.05, 4.69) is 30.0 Å². The van der Waals surface area contributed by atoms with E-state index < -0.39 is 0 Å². The summed E-state index contributed by atoms with van der Waals surface area (Å²) in [5.41, 5.74) is 8.74. The highest BCUT2D eigenvalue weighted by molar-refractivity contribution is 5.38. The van der Waals surface area contributed by atoms with E-state index in [1.807, 2.05) is 0 Å². The molecule has 0 saturated carbocycles. The molecule has 0 spiro atoms. The molecule has 110 valence electrons. The molecule has 0 aromatic heterocycles. The largest absolute Gasteiger partial charge is 0.496 e. The second-order valence-electron chi connectivity index (χ2n) is 6.37. The van der Waals surface area contributed by atoms with Gasteiger partial charge in [0.25, 0.3) is 0 Å². The molecule has 1 aromatic carbocycles. The van der Waals surface area contributed by atoms with Crippen LogP contribution in [0.3, 0.4) is 0 Å². The summed E-state index contributed by atoms with van der Waals surface area (Å²) in [7, 11) is 1.73. The van der Waals surface area contributed by atoms with Crippen molar-refractivity contribution in [3.05, 3.63) is 29.3 Å². The van der Waals surface area contributed by atoms with Crippen molar-refractivity contribution in [3.8, 4) is 5.75 Å².